The van der Waals surface area contributed by atoms with Crippen LogP contribution in [0.15, 0.2) is 53.3 Å². The fourth-order valence-electron chi connectivity index (χ4n) is 2.86. The van der Waals surface area contributed by atoms with E-state index in [1.54, 1.807) is 6.08 Å². The summed E-state index contributed by atoms with van der Waals surface area (Å²) < 4.78 is 5.06. The van der Waals surface area contributed by atoms with Crippen molar-refractivity contribution < 1.29 is 4.74 Å². The second kappa shape index (κ2) is 8.34. The Morgan fingerprint density at radius 1 is 1.19 bits per heavy atom. The van der Waals surface area contributed by atoms with Crippen molar-refractivity contribution in [3.63, 3.8) is 0 Å². The van der Waals surface area contributed by atoms with Crippen molar-refractivity contribution in [2.45, 2.75) is 31.5 Å². The van der Waals surface area contributed by atoms with Gasteiger partial charge in [-0.15, -0.1) is 0 Å². The largest absolute Gasteiger partial charge is 0.385 e. The van der Waals surface area contributed by atoms with Crippen LogP contribution < -0.4 is 22.5 Å². The average molecular weight is 369 g/mol. The molecule has 0 spiro atoms. The minimum atomic E-state index is -1.06. The highest BCUT2D eigenvalue weighted by molar-refractivity contribution is 6.00. The van der Waals surface area contributed by atoms with Crippen molar-refractivity contribution in [2.75, 3.05) is 13.2 Å². The molecule has 2 aliphatic rings. The van der Waals surface area contributed by atoms with Crippen LogP contribution in [0.1, 0.15) is 29.8 Å². The van der Waals surface area contributed by atoms with Gasteiger partial charge in [-0.2, -0.15) is 5.10 Å². The molecule has 8 nitrogen and oxygen atoms in total. The molecule has 2 aliphatic heterocycles. The minimum absolute atomic E-state index is 0.411. The SMILES string of the molecule is Cc1cc(C2(N)C=C(N)NC(c3ccccc3)=N2)n[nH]1.NC1CCOCC1. The molecule has 1 fully saturated rings. The van der Waals surface area contributed by atoms with Crippen molar-refractivity contribution in [3.05, 3.63) is 65.2 Å². The van der Waals surface area contributed by atoms with E-state index >= 15 is 0 Å². The number of hydrogen-bond donors (Lipinski definition) is 5. The van der Waals surface area contributed by atoms with Gasteiger partial charge in [0.15, 0.2) is 5.66 Å². The van der Waals surface area contributed by atoms with Crippen molar-refractivity contribution in [3.8, 4) is 0 Å². The van der Waals surface area contributed by atoms with Crippen molar-refractivity contribution in [2.24, 2.45) is 22.2 Å². The van der Waals surface area contributed by atoms with Crippen LogP contribution in [0.25, 0.3) is 0 Å². The lowest BCUT2D eigenvalue weighted by Gasteiger charge is -2.27. The van der Waals surface area contributed by atoms with E-state index in [1.807, 2.05) is 43.3 Å². The molecular weight excluding hydrogens is 342 g/mol. The highest BCUT2D eigenvalue weighted by Crippen LogP contribution is 2.24. The fourth-order valence-corrected chi connectivity index (χ4v) is 2.86. The predicted octanol–water partition coefficient (Wildman–Crippen LogP) is 0.804. The maximum Gasteiger partial charge on any atom is 0.177 e. The maximum absolute atomic E-state index is 6.35. The van der Waals surface area contributed by atoms with E-state index in [0.29, 0.717) is 23.4 Å². The normalized spacial score (nSPS) is 22.8. The van der Waals surface area contributed by atoms with Crippen LogP contribution in [0.4, 0.5) is 0 Å². The Morgan fingerprint density at radius 3 is 2.44 bits per heavy atom. The molecule has 1 atom stereocenters. The topological polar surface area (TPSA) is 140 Å². The summed E-state index contributed by atoms with van der Waals surface area (Å²) in [5.74, 6) is 1.09. The summed E-state index contributed by atoms with van der Waals surface area (Å²) in [5.41, 5.74) is 19.2. The van der Waals surface area contributed by atoms with Crippen molar-refractivity contribution >= 4 is 5.84 Å². The number of amidine groups is 1. The van der Waals surface area contributed by atoms with Gasteiger partial charge in [0.2, 0.25) is 0 Å². The summed E-state index contributed by atoms with van der Waals surface area (Å²) in [5, 5.41) is 10.1. The Kier molecular flexibility index (Phi) is 5.90. The van der Waals surface area contributed by atoms with E-state index in [2.05, 4.69) is 20.5 Å². The second-order valence-corrected chi connectivity index (χ2v) is 6.76. The number of H-pyrrole nitrogens is 1. The Labute approximate surface area is 158 Å². The number of nitrogens with one attached hydrogen (secondary N) is 2. The number of rotatable bonds is 2. The number of aryl methyl sites for hydroxylation is 1. The zero-order valence-corrected chi connectivity index (χ0v) is 15.5. The number of ether oxygens (including phenoxy) is 1. The molecule has 1 aromatic heterocycles. The Hall–Kier alpha value is -2.68. The highest BCUT2D eigenvalue weighted by atomic mass is 16.5. The van der Waals surface area contributed by atoms with Gasteiger partial charge in [0.05, 0.1) is 0 Å². The average Bonchev–Trinajstić information content (AvgIpc) is 3.10. The third-order valence-corrected chi connectivity index (χ3v) is 4.36. The van der Waals surface area contributed by atoms with Gasteiger partial charge in [0.1, 0.15) is 17.4 Å². The molecule has 0 radical (unpaired) electrons. The number of aliphatic imine (C=N–C) groups is 1. The summed E-state index contributed by atoms with van der Waals surface area (Å²) in [7, 11) is 0. The Bertz CT molecular complexity index is 808. The van der Waals surface area contributed by atoms with E-state index in [0.717, 1.165) is 37.3 Å². The zero-order chi connectivity index (χ0) is 19.3. The van der Waals surface area contributed by atoms with E-state index in [9.17, 15) is 0 Å². The van der Waals surface area contributed by atoms with Gasteiger partial charge in [-0.05, 0) is 25.8 Å². The van der Waals surface area contributed by atoms with Crippen LogP contribution in [-0.2, 0) is 10.4 Å². The summed E-state index contributed by atoms with van der Waals surface area (Å²) in [6.45, 7) is 3.64. The lowest BCUT2D eigenvalue weighted by atomic mass is 10.0. The summed E-state index contributed by atoms with van der Waals surface area (Å²) >= 11 is 0. The Morgan fingerprint density at radius 2 is 1.89 bits per heavy atom. The summed E-state index contributed by atoms with van der Waals surface area (Å²) in [4.78, 5) is 4.56. The molecule has 8 N–H and O–H groups in total. The van der Waals surface area contributed by atoms with Crippen molar-refractivity contribution in [1.82, 2.24) is 15.5 Å². The number of aromatic amines is 1. The van der Waals surface area contributed by atoms with Gasteiger partial charge < -0.3 is 21.5 Å². The molecule has 8 heteroatoms. The van der Waals surface area contributed by atoms with Gasteiger partial charge in [0.25, 0.3) is 0 Å². The maximum atomic E-state index is 6.35. The standard InChI is InChI=1S/C14H16N6.C5H11NO/c1-9-7-11(20-19-9)14(16)8-12(15)17-13(18-14)10-5-3-2-4-6-10;6-5-1-3-7-4-2-5/h2-8H,15-16H2,1H3,(H,17,18)(H,19,20);5H,1-4,6H2. The number of benzene rings is 1. The van der Waals surface area contributed by atoms with Crippen LogP contribution in [0.3, 0.4) is 0 Å². The van der Waals surface area contributed by atoms with Crippen LogP contribution in [0.2, 0.25) is 0 Å². The molecule has 0 bridgehead atoms. The first-order valence-corrected chi connectivity index (χ1v) is 9.01. The number of nitrogens with two attached hydrogens (primary N) is 3. The molecule has 2 aromatic rings. The molecule has 1 unspecified atom stereocenters. The van der Waals surface area contributed by atoms with E-state index in [4.69, 9.17) is 21.9 Å². The minimum Gasteiger partial charge on any atom is -0.385 e. The van der Waals surface area contributed by atoms with E-state index in [1.165, 1.54) is 0 Å². The molecule has 0 aliphatic carbocycles. The lowest BCUT2D eigenvalue weighted by molar-refractivity contribution is 0.0866. The zero-order valence-electron chi connectivity index (χ0n) is 15.5. The number of hydrogen-bond acceptors (Lipinski definition) is 7. The molecule has 4 rings (SSSR count). The van der Waals surface area contributed by atoms with Crippen LogP contribution in [0, 0.1) is 6.92 Å². The quantitative estimate of drug-likeness (QED) is 0.530. The van der Waals surface area contributed by atoms with E-state index < -0.39 is 5.66 Å². The Balaban J connectivity index is 0.000000253. The number of aromatic nitrogens is 2. The van der Waals surface area contributed by atoms with Gasteiger partial charge in [0, 0.05) is 36.6 Å². The van der Waals surface area contributed by atoms with Crippen molar-refractivity contribution in [1.29, 1.82) is 0 Å². The number of nitrogens with zero attached hydrogens (tertiary/aromatic N) is 2. The van der Waals surface area contributed by atoms with Gasteiger partial charge in [-0.1, -0.05) is 30.3 Å². The fraction of sp³-hybridized carbons (Fsp3) is 0.368. The molecule has 1 saturated heterocycles. The molecule has 0 amide bonds. The molecular formula is C19H27N7O. The van der Waals surface area contributed by atoms with Crippen LogP contribution >= 0.6 is 0 Å². The second-order valence-electron chi connectivity index (χ2n) is 6.76. The lowest BCUT2D eigenvalue weighted by Crippen LogP contribution is -2.44. The molecule has 3 heterocycles. The first kappa shape index (κ1) is 19.1. The van der Waals surface area contributed by atoms with Crippen LogP contribution in [0.5, 0.6) is 0 Å². The predicted molar refractivity (Wildman–Crippen MR) is 106 cm³/mol. The third-order valence-electron chi connectivity index (χ3n) is 4.36. The first-order valence-electron chi connectivity index (χ1n) is 9.01. The highest BCUT2D eigenvalue weighted by Gasteiger charge is 2.31. The monoisotopic (exact) mass is 369 g/mol. The molecule has 144 valence electrons. The summed E-state index contributed by atoms with van der Waals surface area (Å²) in [6.07, 6.45) is 3.75. The van der Waals surface area contributed by atoms with Gasteiger partial charge in [-0.25, -0.2) is 4.99 Å². The third kappa shape index (κ3) is 4.94. The molecule has 1 aromatic carbocycles. The molecule has 27 heavy (non-hydrogen) atoms. The van der Waals surface area contributed by atoms with Gasteiger partial charge >= 0.3 is 0 Å². The van der Waals surface area contributed by atoms with Crippen LogP contribution in [-0.4, -0.2) is 35.3 Å². The summed E-state index contributed by atoms with van der Waals surface area (Å²) in [6, 6.07) is 12.0. The smallest absolute Gasteiger partial charge is 0.177 e. The van der Waals surface area contributed by atoms with E-state index in [-0.39, 0.29) is 0 Å². The van der Waals surface area contributed by atoms with Gasteiger partial charge in [-0.3, -0.25) is 10.8 Å². The molecule has 0 saturated carbocycles. The first-order chi connectivity index (χ1) is 13.0.